The van der Waals surface area contributed by atoms with E-state index in [0.717, 1.165) is 5.69 Å². The van der Waals surface area contributed by atoms with E-state index in [1.165, 1.54) is 4.90 Å². The Kier molecular flexibility index (Phi) is 3.81. The molecule has 0 N–H and O–H groups in total. The first-order chi connectivity index (χ1) is 7.69. The van der Waals surface area contributed by atoms with E-state index in [2.05, 4.69) is 4.98 Å². The molecule has 4 nitrogen and oxygen atoms in total. The van der Waals surface area contributed by atoms with Crippen molar-refractivity contribution < 1.29 is 9.53 Å². The zero-order valence-corrected chi connectivity index (χ0v) is 10.9. The van der Waals surface area contributed by atoms with Gasteiger partial charge in [0.1, 0.15) is 13.4 Å². The third-order valence-electron chi connectivity index (χ3n) is 2.01. The van der Waals surface area contributed by atoms with Gasteiger partial charge in [-0.1, -0.05) is 0 Å². The molecule has 1 aromatic heterocycles. The third kappa shape index (κ3) is 4.09. The summed E-state index contributed by atoms with van der Waals surface area (Å²) in [6, 6.07) is 3.41. The number of aryl methyl sites for hydroxylation is 1. The van der Waals surface area contributed by atoms with Crippen molar-refractivity contribution in [1.82, 2.24) is 4.98 Å². The minimum Gasteiger partial charge on any atom is -0.443 e. The molecule has 90 valence electrons. The Balaban J connectivity index is 2.89. The molecule has 1 heterocycles. The molecule has 0 aliphatic carbocycles. The van der Waals surface area contributed by atoms with Crippen LogP contribution in [0.25, 0.3) is 0 Å². The van der Waals surface area contributed by atoms with Crippen LogP contribution in [0.15, 0.2) is 12.1 Å². The Morgan fingerprint density at radius 2 is 2.00 bits per heavy atom. The maximum atomic E-state index is 11.8. The molecule has 17 heavy (non-hydrogen) atoms. The summed E-state index contributed by atoms with van der Waals surface area (Å²) in [6.45, 7) is 7.30. The molecule has 1 rings (SSSR count). The standard InChI is InChI=1S/C12H17BN2O2/c1-8-6-9(7-10(13)14-8)15(5)11(16)17-12(2,3)4/h6-7H,1-5H3. The topological polar surface area (TPSA) is 42.4 Å². The van der Waals surface area contributed by atoms with Gasteiger partial charge in [-0.05, 0) is 45.4 Å². The molecule has 0 spiro atoms. The van der Waals surface area contributed by atoms with Crippen LogP contribution in [0.1, 0.15) is 26.5 Å². The predicted octanol–water partition coefficient (Wildman–Crippen LogP) is 1.56. The SMILES string of the molecule is [B]c1cc(N(C)C(=O)OC(C)(C)C)cc(C)n1. The van der Waals surface area contributed by atoms with Crippen molar-refractivity contribution in [3.8, 4) is 0 Å². The fraction of sp³-hybridized carbons (Fsp3) is 0.500. The molecule has 0 saturated heterocycles. The Hall–Kier alpha value is -1.52. The summed E-state index contributed by atoms with van der Waals surface area (Å²) in [7, 11) is 7.28. The van der Waals surface area contributed by atoms with Gasteiger partial charge in [-0.25, -0.2) is 4.79 Å². The van der Waals surface area contributed by atoms with Crippen LogP contribution in [0.5, 0.6) is 0 Å². The highest BCUT2D eigenvalue weighted by molar-refractivity contribution is 6.31. The lowest BCUT2D eigenvalue weighted by molar-refractivity contribution is 0.0589. The normalized spacial score (nSPS) is 11.1. The molecular formula is C12H17BN2O2. The van der Waals surface area contributed by atoms with Crippen molar-refractivity contribution in [2.45, 2.75) is 33.3 Å². The first kappa shape index (κ1) is 13.5. The summed E-state index contributed by atoms with van der Waals surface area (Å²) in [4.78, 5) is 17.3. The second-order valence-corrected chi connectivity index (χ2v) is 4.93. The first-order valence-corrected chi connectivity index (χ1v) is 5.40. The minimum atomic E-state index is -0.515. The molecule has 0 atom stereocenters. The average Bonchev–Trinajstić information content (AvgIpc) is 2.12. The number of rotatable bonds is 1. The van der Waals surface area contributed by atoms with Crippen molar-refractivity contribution in [2.24, 2.45) is 0 Å². The van der Waals surface area contributed by atoms with E-state index in [1.54, 1.807) is 19.2 Å². The van der Waals surface area contributed by atoms with Crippen molar-refractivity contribution in [3.05, 3.63) is 17.8 Å². The number of carbonyl (C=O) groups excluding carboxylic acids is 1. The number of hydrogen-bond donors (Lipinski definition) is 0. The van der Waals surface area contributed by atoms with Crippen LogP contribution in [0.3, 0.4) is 0 Å². The lowest BCUT2D eigenvalue weighted by Crippen LogP contribution is -2.34. The van der Waals surface area contributed by atoms with Gasteiger partial charge in [-0.2, -0.15) is 0 Å². The van der Waals surface area contributed by atoms with E-state index in [4.69, 9.17) is 12.6 Å². The molecule has 1 aromatic rings. The van der Waals surface area contributed by atoms with Crippen molar-refractivity contribution in [2.75, 3.05) is 11.9 Å². The predicted molar refractivity (Wildman–Crippen MR) is 69.0 cm³/mol. The van der Waals surface area contributed by atoms with Crippen LogP contribution in [-0.2, 0) is 4.74 Å². The average molecular weight is 232 g/mol. The summed E-state index contributed by atoms with van der Waals surface area (Å²) in [6.07, 6.45) is -0.414. The number of hydrogen-bond acceptors (Lipinski definition) is 3. The lowest BCUT2D eigenvalue weighted by Gasteiger charge is -2.25. The summed E-state index contributed by atoms with van der Waals surface area (Å²) in [5.41, 5.74) is 1.30. The quantitative estimate of drug-likeness (QED) is 0.690. The number of nitrogens with zero attached hydrogens (tertiary/aromatic N) is 2. The molecule has 0 aliphatic rings. The lowest BCUT2D eigenvalue weighted by atomic mass is 10.0. The van der Waals surface area contributed by atoms with Crippen molar-refractivity contribution in [1.29, 1.82) is 0 Å². The molecule has 0 saturated carbocycles. The minimum absolute atomic E-state index is 0.385. The number of ether oxygens (including phenoxy) is 1. The number of anilines is 1. The molecular weight excluding hydrogens is 215 g/mol. The zero-order valence-electron chi connectivity index (χ0n) is 10.9. The van der Waals surface area contributed by atoms with Crippen molar-refractivity contribution >= 4 is 25.2 Å². The summed E-state index contributed by atoms with van der Waals surface area (Å²) in [5.74, 6) is 0. The fourth-order valence-corrected chi connectivity index (χ4v) is 1.30. The van der Waals surface area contributed by atoms with Gasteiger partial charge < -0.3 is 4.74 Å². The monoisotopic (exact) mass is 232 g/mol. The highest BCUT2D eigenvalue weighted by Gasteiger charge is 2.20. The maximum Gasteiger partial charge on any atom is 0.414 e. The summed E-state index contributed by atoms with van der Waals surface area (Å²) < 4.78 is 5.26. The molecule has 1 amide bonds. The van der Waals surface area contributed by atoms with E-state index < -0.39 is 11.7 Å². The largest absolute Gasteiger partial charge is 0.443 e. The van der Waals surface area contributed by atoms with Gasteiger partial charge in [0.15, 0.2) is 0 Å². The van der Waals surface area contributed by atoms with Crippen molar-refractivity contribution in [3.63, 3.8) is 0 Å². The van der Waals surface area contributed by atoms with Gasteiger partial charge in [0.25, 0.3) is 0 Å². The first-order valence-electron chi connectivity index (χ1n) is 5.40. The molecule has 2 radical (unpaired) electrons. The zero-order chi connectivity index (χ0) is 13.2. The van der Waals surface area contributed by atoms with Gasteiger partial charge in [0.05, 0.1) is 0 Å². The van der Waals surface area contributed by atoms with Gasteiger partial charge in [-0.15, -0.1) is 0 Å². The van der Waals surface area contributed by atoms with E-state index in [0.29, 0.717) is 11.3 Å². The third-order valence-corrected chi connectivity index (χ3v) is 2.01. The van der Waals surface area contributed by atoms with Gasteiger partial charge in [0, 0.05) is 18.4 Å². The van der Waals surface area contributed by atoms with E-state index in [9.17, 15) is 4.79 Å². The van der Waals surface area contributed by atoms with Gasteiger partial charge in [0.2, 0.25) is 0 Å². The molecule has 0 aromatic carbocycles. The number of aromatic nitrogens is 1. The molecule has 0 aliphatic heterocycles. The summed E-state index contributed by atoms with van der Waals surface area (Å²) >= 11 is 0. The van der Waals surface area contributed by atoms with E-state index in [-0.39, 0.29) is 0 Å². The van der Waals surface area contributed by atoms with Crippen LogP contribution >= 0.6 is 0 Å². The molecule has 0 unspecified atom stereocenters. The van der Waals surface area contributed by atoms with Crippen LogP contribution in [0.4, 0.5) is 10.5 Å². The second kappa shape index (κ2) is 4.78. The van der Waals surface area contributed by atoms with Gasteiger partial charge >= 0.3 is 6.09 Å². The summed E-state index contributed by atoms with van der Waals surface area (Å²) in [5, 5.41) is 0. The fourth-order valence-electron chi connectivity index (χ4n) is 1.30. The van der Waals surface area contributed by atoms with E-state index >= 15 is 0 Å². The number of carbonyl (C=O) groups is 1. The second-order valence-electron chi connectivity index (χ2n) is 4.93. The molecule has 0 fully saturated rings. The molecule has 5 heteroatoms. The Morgan fingerprint density at radius 1 is 1.41 bits per heavy atom. The van der Waals surface area contributed by atoms with Crippen LogP contribution in [0, 0.1) is 6.92 Å². The number of amides is 1. The van der Waals surface area contributed by atoms with E-state index in [1.807, 2.05) is 27.7 Å². The molecule has 0 bridgehead atoms. The maximum absolute atomic E-state index is 11.8. The van der Waals surface area contributed by atoms with Crippen LogP contribution < -0.4 is 10.5 Å². The Bertz CT molecular complexity index is 407. The highest BCUT2D eigenvalue weighted by atomic mass is 16.6. The number of pyridine rings is 1. The van der Waals surface area contributed by atoms with Crippen LogP contribution in [0.2, 0.25) is 0 Å². The van der Waals surface area contributed by atoms with Gasteiger partial charge in [-0.3, -0.25) is 9.88 Å². The Morgan fingerprint density at radius 3 is 2.47 bits per heavy atom. The van der Waals surface area contributed by atoms with Crippen LogP contribution in [-0.4, -0.2) is 31.6 Å². The smallest absolute Gasteiger partial charge is 0.414 e. The highest BCUT2D eigenvalue weighted by Crippen LogP contribution is 2.15. The Labute approximate surface area is 103 Å².